The Bertz CT molecular complexity index is 862. The van der Waals surface area contributed by atoms with Crippen molar-refractivity contribution >= 4 is 5.97 Å². The lowest BCUT2D eigenvalue weighted by Crippen LogP contribution is -2.65. The third-order valence-corrected chi connectivity index (χ3v) is 8.08. The van der Waals surface area contributed by atoms with E-state index in [2.05, 4.69) is 0 Å². The van der Waals surface area contributed by atoms with Crippen LogP contribution in [0.3, 0.4) is 0 Å². The summed E-state index contributed by atoms with van der Waals surface area (Å²) in [6, 6.07) is 1.83. The fourth-order valence-corrected chi connectivity index (χ4v) is 6.93. The van der Waals surface area contributed by atoms with Crippen molar-refractivity contribution < 1.29 is 33.6 Å². The Hall–Kier alpha value is -1.67. The van der Waals surface area contributed by atoms with Gasteiger partial charge in [0.25, 0.3) is 0 Å². The van der Waals surface area contributed by atoms with Crippen LogP contribution < -0.4 is 0 Å². The molecular formula is C20H22O7. The number of cyclic esters (lactones) is 1. The van der Waals surface area contributed by atoms with Crippen molar-refractivity contribution in [2.45, 2.75) is 56.4 Å². The molecule has 1 aromatic rings. The molecule has 1 aromatic heterocycles. The summed E-state index contributed by atoms with van der Waals surface area (Å²) < 4.78 is 23.0. The van der Waals surface area contributed by atoms with E-state index < -0.39 is 28.5 Å². The molecule has 6 rings (SSSR count). The largest absolute Gasteiger partial charge is 0.472 e. The first-order chi connectivity index (χ1) is 12.9. The molecule has 7 atom stereocenters. The lowest BCUT2D eigenvalue weighted by atomic mass is 9.45. The topological polar surface area (TPSA) is 98.4 Å². The van der Waals surface area contributed by atoms with Crippen molar-refractivity contribution in [3.05, 3.63) is 35.8 Å². The molecule has 144 valence electrons. The summed E-state index contributed by atoms with van der Waals surface area (Å²) in [6.45, 7) is 2.10. The van der Waals surface area contributed by atoms with Gasteiger partial charge in [-0.3, -0.25) is 0 Å². The second-order valence-electron chi connectivity index (χ2n) is 8.77. The molecule has 0 amide bonds. The van der Waals surface area contributed by atoms with E-state index in [1.807, 2.05) is 19.1 Å². The zero-order valence-electron chi connectivity index (χ0n) is 15.0. The van der Waals surface area contributed by atoms with Crippen molar-refractivity contribution in [2.75, 3.05) is 6.61 Å². The van der Waals surface area contributed by atoms with Crippen molar-refractivity contribution in [1.29, 1.82) is 0 Å². The molecule has 1 aliphatic carbocycles. The molecule has 3 spiro atoms. The highest BCUT2D eigenvalue weighted by Crippen LogP contribution is 2.79. The minimum Gasteiger partial charge on any atom is -0.472 e. The number of esters is 1. The summed E-state index contributed by atoms with van der Waals surface area (Å²) in [6.07, 6.45) is 5.69. The van der Waals surface area contributed by atoms with E-state index in [4.69, 9.17) is 18.6 Å². The predicted octanol–water partition coefficient (Wildman–Crippen LogP) is 1.81. The summed E-state index contributed by atoms with van der Waals surface area (Å²) in [7, 11) is 0. The van der Waals surface area contributed by atoms with Gasteiger partial charge in [0, 0.05) is 23.5 Å². The Balaban J connectivity index is 1.54. The molecule has 0 unspecified atom stereocenters. The smallest absolute Gasteiger partial charge is 0.334 e. The van der Waals surface area contributed by atoms with Crippen LogP contribution in [0.25, 0.3) is 0 Å². The second kappa shape index (κ2) is 4.66. The van der Waals surface area contributed by atoms with Crippen LogP contribution in [0.4, 0.5) is 0 Å². The van der Waals surface area contributed by atoms with E-state index in [-0.39, 0.29) is 24.6 Å². The van der Waals surface area contributed by atoms with Crippen LogP contribution in [0.5, 0.6) is 0 Å². The SMILES string of the molecule is C[C@@H]1[C@@]2(C[C@@H](c3ccoc3)O[C@@H]2O)[C@@]23CCC=C4C(=O)OC[C@@]42C[C@@]1(O)O3. The zero-order chi connectivity index (χ0) is 18.7. The Morgan fingerprint density at radius 2 is 2.19 bits per heavy atom. The average molecular weight is 374 g/mol. The minimum absolute atomic E-state index is 0.178. The summed E-state index contributed by atoms with van der Waals surface area (Å²) in [5.41, 5.74) is -1.03. The predicted molar refractivity (Wildman–Crippen MR) is 88.8 cm³/mol. The number of carbonyl (C=O) groups excluding carboxylic acids is 1. The van der Waals surface area contributed by atoms with Crippen molar-refractivity contribution in [1.82, 2.24) is 0 Å². The van der Waals surface area contributed by atoms with E-state index >= 15 is 0 Å². The van der Waals surface area contributed by atoms with Gasteiger partial charge < -0.3 is 28.8 Å². The van der Waals surface area contributed by atoms with Crippen molar-refractivity contribution in [3.63, 3.8) is 0 Å². The van der Waals surface area contributed by atoms with Crippen LogP contribution in [-0.4, -0.2) is 40.5 Å². The maximum absolute atomic E-state index is 12.4. The molecule has 4 aliphatic heterocycles. The summed E-state index contributed by atoms with van der Waals surface area (Å²) in [5, 5.41) is 22.6. The van der Waals surface area contributed by atoms with Crippen LogP contribution in [-0.2, 0) is 19.0 Å². The quantitative estimate of drug-likeness (QED) is 0.723. The third kappa shape index (κ3) is 1.52. The van der Waals surface area contributed by atoms with Gasteiger partial charge in [0.15, 0.2) is 12.1 Å². The van der Waals surface area contributed by atoms with Crippen LogP contribution in [0.2, 0.25) is 0 Å². The number of fused-ring (bicyclic) bond motifs is 1. The molecule has 2 bridgehead atoms. The maximum atomic E-state index is 12.4. The molecule has 7 heteroatoms. The molecule has 7 nitrogen and oxygen atoms in total. The molecule has 4 fully saturated rings. The molecule has 2 N–H and O–H groups in total. The second-order valence-corrected chi connectivity index (χ2v) is 8.77. The van der Waals surface area contributed by atoms with Gasteiger partial charge in [-0.05, 0) is 25.3 Å². The maximum Gasteiger partial charge on any atom is 0.334 e. The van der Waals surface area contributed by atoms with Crippen LogP contribution in [0.1, 0.15) is 44.3 Å². The van der Waals surface area contributed by atoms with Gasteiger partial charge >= 0.3 is 5.97 Å². The zero-order valence-corrected chi connectivity index (χ0v) is 15.0. The molecule has 27 heavy (non-hydrogen) atoms. The first-order valence-corrected chi connectivity index (χ1v) is 9.55. The van der Waals surface area contributed by atoms with Crippen molar-refractivity contribution in [2.24, 2.45) is 16.7 Å². The Kier molecular flexibility index (Phi) is 2.81. The number of furan rings is 1. The summed E-state index contributed by atoms with van der Waals surface area (Å²) in [5.74, 6) is -2.11. The third-order valence-electron chi connectivity index (χ3n) is 8.08. The highest BCUT2D eigenvalue weighted by Gasteiger charge is 2.87. The highest BCUT2D eigenvalue weighted by molar-refractivity contribution is 5.93. The minimum atomic E-state index is -1.42. The van der Waals surface area contributed by atoms with E-state index in [9.17, 15) is 15.0 Å². The Morgan fingerprint density at radius 3 is 2.96 bits per heavy atom. The van der Waals surface area contributed by atoms with Gasteiger partial charge in [-0.1, -0.05) is 13.0 Å². The first-order valence-electron chi connectivity index (χ1n) is 9.55. The number of hydrogen-bond acceptors (Lipinski definition) is 7. The molecule has 0 saturated carbocycles. The van der Waals surface area contributed by atoms with Gasteiger partial charge in [-0.2, -0.15) is 0 Å². The average Bonchev–Trinajstić information content (AvgIpc) is 3.39. The molecule has 4 saturated heterocycles. The number of aliphatic hydroxyl groups is 2. The number of allylic oxidation sites excluding steroid dienone is 1. The normalized spacial score (nSPS) is 52.8. The van der Waals surface area contributed by atoms with Gasteiger partial charge in [0.1, 0.15) is 6.61 Å². The molecule has 5 heterocycles. The van der Waals surface area contributed by atoms with Gasteiger partial charge in [0.2, 0.25) is 0 Å². The fraction of sp³-hybridized carbons (Fsp3) is 0.650. The van der Waals surface area contributed by atoms with E-state index in [0.717, 1.165) is 5.56 Å². The molecule has 5 aliphatic rings. The number of carbonyl (C=O) groups is 1. The van der Waals surface area contributed by atoms with Gasteiger partial charge in [-0.25, -0.2) is 4.79 Å². The Labute approximate surface area is 155 Å². The summed E-state index contributed by atoms with van der Waals surface area (Å²) in [4.78, 5) is 12.4. The number of aliphatic hydroxyl groups excluding tert-OH is 1. The van der Waals surface area contributed by atoms with Crippen LogP contribution in [0, 0.1) is 16.7 Å². The van der Waals surface area contributed by atoms with Gasteiger partial charge in [0.05, 0.1) is 35.1 Å². The number of hydrogen-bond donors (Lipinski definition) is 2. The van der Waals surface area contributed by atoms with E-state index in [1.165, 1.54) is 0 Å². The van der Waals surface area contributed by atoms with Crippen molar-refractivity contribution in [3.8, 4) is 0 Å². The lowest BCUT2D eigenvalue weighted by Gasteiger charge is -2.55. The highest BCUT2D eigenvalue weighted by atomic mass is 16.7. The summed E-state index contributed by atoms with van der Waals surface area (Å²) >= 11 is 0. The number of ether oxygens (including phenoxy) is 3. The standard InChI is InChI=1S/C20H22O7/c1-11-18(7-14(26-16(18)22)12-4-6-24-8-12)20-5-2-3-13-15(21)25-10-17(13,20)9-19(11,23)27-20/h3-4,6,8,11,14,16,22-23H,2,5,7,9-10H2,1H3/t11-,14+,16+,17+,18-,19-,20-/m1/s1. The molecule has 0 radical (unpaired) electrons. The monoisotopic (exact) mass is 374 g/mol. The van der Waals surface area contributed by atoms with Crippen LogP contribution >= 0.6 is 0 Å². The molecule has 0 aromatic carbocycles. The molecular weight excluding hydrogens is 352 g/mol. The van der Waals surface area contributed by atoms with Crippen LogP contribution in [0.15, 0.2) is 34.7 Å². The lowest BCUT2D eigenvalue weighted by molar-refractivity contribution is -0.216. The van der Waals surface area contributed by atoms with Gasteiger partial charge in [-0.15, -0.1) is 0 Å². The Morgan fingerprint density at radius 1 is 1.33 bits per heavy atom. The number of rotatable bonds is 1. The fourth-order valence-electron chi connectivity index (χ4n) is 6.93. The van der Waals surface area contributed by atoms with E-state index in [0.29, 0.717) is 31.3 Å². The first kappa shape index (κ1) is 16.3. The van der Waals surface area contributed by atoms with E-state index in [1.54, 1.807) is 12.5 Å².